The van der Waals surface area contributed by atoms with E-state index in [1.54, 1.807) is 0 Å². The summed E-state index contributed by atoms with van der Waals surface area (Å²) in [7, 11) is 6.04. The van der Waals surface area contributed by atoms with Crippen LogP contribution in [0.3, 0.4) is 0 Å². The Morgan fingerprint density at radius 2 is 1.87 bits per heavy atom. The van der Waals surface area contributed by atoms with E-state index in [2.05, 4.69) is 29.2 Å². The van der Waals surface area contributed by atoms with Crippen molar-refractivity contribution in [3.05, 3.63) is 47.2 Å². The molecule has 0 aliphatic heterocycles. The fourth-order valence-corrected chi connectivity index (χ4v) is 2.90. The minimum atomic E-state index is -0.502. The topological polar surface area (TPSA) is 53.3 Å². The van der Waals surface area contributed by atoms with Gasteiger partial charge >= 0.3 is 0 Å². The SMILES string of the molecule is CC(C)c1nn(C)c(N(C)C)c1CNCC(O)c1ccccc1. The summed E-state index contributed by atoms with van der Waals surface area (Å²) < 4.78 is 1.93. The standard InChI is InChI=1S/C18H28N4O/c1-13(2)17-15(18(21(3)4)22(5)20-17)11-19-12-16(23)14-9-7-6-8-10-14/h6-10,13,16,19,23H,11-12H2,1-5H3. The summed E-state index contributed by atoms with van der Waals surface area (Å²) in [5.74, 6) is 1.47. The molecule has 0 aliphatic carbocycles. The van der Waals surface area contributed by atoms with Crippen LogP contribution >= 0.6 is 0 Å². The van der Waals surface area contributed by atoms with Crippen LogP contribution in [0.5, 0.6) is 0 Å². The molecule has 5 nitrogen and oxygen atoms in total. The van der Waals surface area contributed by atoms with E-state index in [1.165, 1.54) is 5.56 Å². The Morgan fingerprint density at radius 3 is 2.43 bits per heavy atom. The van der Waals surface area contributed by atoms with Crippen molar-refractivity contribution < 1.29 is 5.11 Å². The van der Waals surface area contributed by atoms with Gasteiger partial charge in [-0.1, -0.05) is 44.2 Å². The van der Waals surface area contributed by atoms with Gasteiger partial charge in [0.2, 0.25) is 0 Å². The first-order valence-corrected chi connectivity index (χ1v) is 8.08. The Labute approximate surface area is 138 Å². The van der Waals surface area contributed by atoms with Gasteiger partial charge in [-0.25, -0.2) is 0 Å². The number of nitrogens with one attached hydrogen (secondary N) is 1. The fourth-order valence-electron chi connectivity index (χ4n) is 2.90. The Bertz CT molecular complexity index is 619. The average molecular weight is 316 g/mol. The van der Waals surface area contributed by atoms with Crippen molar-refractivity contribution in [2.45, 2.75) is 32.4 Å². The molecule has 1 aromatic carbocycles. The third-order valence-electron chi connectivity index (χ3n) is 3.94. The summed E-state index contributed by atoms with van der Waals surface area (Å²) >= 11 is 0. The monoisotopic (exact) mass is 316 g/mol. The minimum Gasteiger partial charge on any atom is -0.387 e. The van der Waals surface area contributed by atoms with Gasteiger partial charge in [-0.2, -0.15) is 5.10 Å². The van der Waals surface area contributed by atoms with E-state index in [0.717, 1.165) is 17.1 Å². The largest absolute Gasteiger partial charge is 0.387 e. The summed E-state index contributed by atoms with van der Waals surface area (Å²) in [5.41, 5.74) is 3.24. The third-order valence-corrected chi connectivity index (χ3v) is 3.94. The maximum atomic E-state index is 10.3. The predicted molar refractivity (Wildman–Crippen MR) is 94.7 cm³/mol. The molecular weight excluding hydrogens is 288 g/mol. The number of anilines is 1. The van der Waals surface area contributed by atoms with Crippen molar-refractivity contribution in [3.63, 3.8) is 0 Å². The summed E-state index contributed by atoms with van der Waals surface area (Å²) in [6.07, 6.45) is -0.502. The highest BCUT2D eigenvalue weighted by atomic mass is 16.3. The molecule has 0 saturated heterocycles. The first-order chi connectivity index (χ1) is 10.9. The van der Waals surface area contributed by atoms with E-state index >= 15 is 0 Å². The normalized spacial score (nSPS) is 12.7. The zero-order chi connectivity index (χ0) is 17.0. The molecule has 1 atom stereocenters. The Hall–Kier alpha value is -1.85. The predicted octanol–water partition coefficient (Wildman–Crippen LogP) is 2.43. The van der Waals surface area contributed by atoms with Crippen LogP contribution in [0.2, 0.25) is 0 Å². The number of hydrogen-bond donors (Lipinski definition) is 2. The van der Waals surface area contributed by atoms with Crippen molar-refractivity contribution in [2.75, 3.05) is 25.5 Å². The third kappa shape index (κ3) is 4.12. The van der Waals surface area contributed by atoms with Crippen molar-refractivity contribution in [2.24, 2.45) is 7.05 Å². The molecule has 0 fully saturated rings. The van der Waals surface area contributed by atoms with Crippen LogP contribution < -0.4 is 10.2 Å². The fraction of sp³-hybridized carbons (Fsp3) is 0.500. The number of hydrogen-bond acceptors (Lipinski definition) is 4. The van der Waals surface area contributed by atoms with Gasteiger partial charge in [0.05, 0.1) is 11.8 Å². The number of aromatic nitrogens is 2. The van der Waals surface area contributed by atoms with Gasteiger partial charge in [-0.3, -0.25) is 4.68 Å². The minimum absolute atomic E-state index is 0.366. The first kappa shape index (κ1) is 17.5. The number of rotatable bonds is 7. The molecule has 0 amide bonds. The van der Waals surface area contributed by atoms with Crippen LogP contribution in [-0.2, 0) is 13.6 Å². The Morgan fingerprint density at radius 1 is 1.22 bits per heavy atom. The van der Waals surface area contributed by atoms with Gasteiger partial charge in [0.15, 0.2) is 0 Å². The van der Waals surface area contributed by atoms with Crippen LogP contribution in [-0.4, -0.2) is 35.5 Å². The summed E-state index contributed by atoms with van der Waals surface area (Å²) in [6.45, 7) is 5.52. The van der Waals surface area contributed by atoms with Gasteiger partial charge in [-0.05, 0) is 11.5 Å². The van der Waals surface area contributed by atoms with Crippen molar-refractivity contribution in [1.82, 2.24) is 15.1 Å². The molecule has 2 aromatic rings. The molecule has 5 heteroatoms. The molecule has 0 radical (unpaired) electrons. The second-order valence-corrected chi connectivity index (χ2v) is 6.42. The van der Waals surface area contributed by atoms with Crippen LogP contribution in [0, 0.1) is 0 Å². The lowest BCUT2D eigenvalue weighted by Gasteiger charge is -2.17. The maximum Gasteiger partial charge on any atom is 0.130 e. The van der Waals surface area contributed by atoms with Gasteiger partial charge in [0.1, 0.15) is 5.82 Å². The van der Waals surface area contributed by atoms with E-state index in [1.807, 2.05) is 56.2 Å². The number of aliphatic hydroxyl groups excluding tert-OH is 1. The molecule has 0 bridgehead atoms. The number of nitrogens with zero attached hydrogens (tertiary/aromatic N) is 3. The second kappa shape index (κ2) is 7.62. The van der Waals surface area contributed by atoms with Gasteiger partial charge in [0, 0.05) is 39.8 Å². The lowest BCUT2D eigenvalue weighted by molar-refractivity contribution is 0.174. The average Bonchev–Trinajstić information content (AvgIpc) is 2.85. The molecule has 2 rings (SSSR count). The van der Waals surface area contributed by atoms with E-state index in [0.29, 0.717) is 19.0 Å². The smallest absolute Gasteiger partial charge is 0.130 e. The molecule has 1 unspecified atom stereocenters. The number of aliphatic hydroxyl groups is 1. The van der Waals surface area contributed by atoms with Crippen LogP contribution in [0.1, 0.15) is 42.7 Å². The first-order valence-electron chi connectivity index (χ1n) is 8.08. The van der Waals surface area contributed by atoms with Gasteiger partial charge in [0.25, 0.3) is 0 Å². The molecule has 0 aliphatic rings. The molecule has 2 N–H and O–H groups in total. The summed E-state index contributed by atoms with van der Waals surface area (Å²) in [5, 5.41) is 18.3. The highest BCUT2D eigenvalue weighted by Gasteiger charge is 2.19. The molecule has 23 heavy (non-hydrogen) atoms. The Kier molecular flexibility index (Phi) is 5.80. The highest BCUT2D eigenvalue weighted by Crippen LogP contribution is 2.27. The molecule has 0 saturated carbocycles. The van der Waals surface area contributed by atoms with E-state index in [-0.39, 0.29) is 0 Å². The summed E-state index contributed by atoms with van der Waals surface area (Å²) in [6, 6.07) is 9.74. The quantitative estimate of drug-likeness (QED) is 0.824. The molecular formula is C18H28N4O. The molecule has 0 spiro atoms. The van der Waals surface area contributed by atoms with Crippen molar-refractivity contribution in [1.29, 1.82) is 0 Å². The van der Waals surface area contributed by atoms with Crippen LogP contribution in [0.25, 0.3) is 0 Å². The van der Waals surface area contributed by atoms with Gasteiger partial charge in [-0.15, -0.1) is 0 Å². The Balaban J connectivity index is 2.08. The second-order valence-electron chi connectivity index (χ2n) is 6.42. The zero-order valence-corrected chi connectivity index (χ0v) is 14.7. The summed E-state index contributed by atoms with van der Waals surface area (Å²) in [4.78, 5) is 2.09. The number of aryl methyl sites for hydroxylation is 1. The lowest BCUT2D eigenvalue weighted by atomic mass is 10.0. The molecule has 126 valence electrons. The maximum absolute atomic E-state index is 10.3. The zero-order valence-electron chi connectivity index (χ0n) is 14.7. The van der Waals surface area contributed by atoms with Crippen LogP contribution in [0.4, 0.5) is 5.82 Å². The van der Waals surface area contributed by atoms with E-state index in [9.17, 15) is 5.11 Å². The van der Waals surface area contributed by atoms with Crippen LogP contribution in [0.15, 0.2) is 30.3 Å². The van der Waals surface area contributed by atoms with E-state index in [4.69, 9.17) is 0 Å². The molecule has 1 aromatic heterocycles. The lowest BCUT2D eigenvalue weighted by Crippen LogP contribution is -2.23. The van der Waals surface area contributed by atoms with Crippen molar-refractivity contribution >= 4 is 5.82 Å². The molecule has 1 heterocycles. The number of benzene rings is 1. The highest BCUT2D eigenvalue weighted by molar-refractivity contribution is 5.50. The van der Waals surface area contributed by atoms with E-state index < -0.39 is 6.10 Å². The van der Waals surface area contributed by atoms with Gasteiger partial charge < -0.3 is 15.3 Å². The van der Waals surface area contributed by atoms with Crippen molar-refractivity contribution in [3.8, 4) is 0 Å².